The minimum Gasteiger partial charge on any atom is -0.343 e. The SMILES string of the molecule is Cn1c2cc3c4sc(/C=C5\C(=O)C(=O)c6ccccc65)cc4n(C)c3cc2c2sc(/C=C3\C(=O)C(=O)c4ccccc43)cc21. The van der Waals surface area contributed by atoms with Crippen molar-refractivity contribution in [1.29, 1.82) is 0 Å². The van der Waals surface area contributed by atoms with Crippen molar-refractivity contribution in [2.24, 2.45) is 14.1 Å². The van der Waals surface area contributed by atoms with E-state index in [1.807, 2.05) is 50.5 Å². The summed E-state index contributed by atoms with van der Waals surface area (Å²) >= 11 is 3.23. The predicted molar refractivity (Wildman–Crippen MR) is 177 cm³/mol. The number of hydrogen-bond donors (Lipinski definition) is 0. The summed E-state index contributed by atoms with van der Waals surface area (Å²) in [6.45, 7) is 0. The van der Waals surface area contributed by atoms with E-state index in [0.29, 0.717) is 33.4 Å². The first kappa shape index (κ1) is 25.3. The van der Waals surface area contributed by atoms with E-state index in [2.05, 4.69) is 33.4 Å². The molecule has 0 saturated carbocycles. The number of ketones is 4. The molecule has 9 rings (SSSR count). The molecular weight excluding hydrogens is 589 g/mol. The number of carbonyl (C=O) groups excluding carboxylic acids is 4. The summed E-state index contributed by atoms with van der Waals surface area (Å²) in [4.78, 5) is 52.5. The van der Waals surface area contributed by atoms with Crippen molar-refractivity contribution < 1.29 is 19.2 Å². The van der Waals surface area contributed by atoms with Crippen LogP contribution in [0.25, 0.3) is 65.5 Å². The predicted octanol–water partition coefficient (Wildman–Crippen LogP) is 7.71. The van der Waals surface area contributed by atoms with Crippen LogP contribution in [0.1, 0.15) is 41.6 Å². The van der Waals surface area contributed by atoms with Gasteiger partial charge in [-0.2, -0.15) is 0 Å². The van der Waals surface area contributed by atoms with Crippen molar-refractivity contribution in [2.75, 3.05) is 0 Å². The summed E-state index contributed by atoms with van der Waals surface area (Å²) in [5.41, 5.74) is 7.54. The second-order valence-electron chi connectivity index (χ2n) is 11.3. The molecule has 6 nitrogen and oxygen atoms in total. The fraction of sp³-hybridized carbons (Fsp3) is 0.0556. The fourth-order valence-corrected chi connectivity index (χ4v) is 9.03. The Kier molecular flexibility index (Phi) is 5.00. The van der Waals surface area contributed by atoms with Crippen molar-refractivity contribution >= 4 is 111 Å². The van der Waals surface area contributed by atoms with Gasteiger partial charge < -0.3 is 9.13 Å². The minimum absolute atomic E-state index is 0.447. The highest BCUT2D eigenvalue weighted by Gasteiger charge is 2.34. The first-order valence-electron chi connectivity index (χ1n) is 14.0. The molecule has 2 aliphatic rings. The summed E-state index contributed by atoms with van der Waals surface area (Å²) in [7, 11) is 4.09. The van der Waals surface area contributed by atoms with Gasteiger partial charge in [0, 0.05) is 56.9 Å². The van der Waals surface area contributed by atoms with Crippen LogP contribution >= 0.6 is 22.7 Å². The zero-order valence-electron chi connectivity index (χ0n) is 23.4. The van der Waals surface area contributed by atoms with E-state index in [9.17, 15) is 19.2 Å². The number of Topliss-reactive ketones (excluding diaryl/α,β-unsaturated/α-hetero) is 4. The summed E-state index contributed by atoms with van der Waals surface area (Å²) in [6.07, 6.45) is 3.69. The van der Waals surface area contributed by atoms with Crippen LogP contribution < -0.4 is 0 Å². The van der Waals surface area contributed by atoms with E-state index < -0.39 is 23.1 Å². The van der Waals surface area contributed by atoms with Crippen LogP contribution in [0.2, 0.25) is 0 Å². The number of allylic oxidation sites excluding steroid dienone is 2. The molecule has 3 aromatic carbocycles. The molecule has 0 unspecified atom stereocenters. The van der Waals surface area contributed by atoms with Crippen LogP contribution in [-0.2, 0) is 23.7 Å². The highest BCUT2D eigenvalue weighted by atomic mass is 32.1. The van der Waals surface area contributed by atoms with E-state index in [1.54, 1.807) is 46.9 Å². The van der Waals surface area contributed by atoms with E-state index in [4.69, 9.17) is 0 Å². The third-order valence-corrected chi connectivity index (χ3v) is 11.1. The largest absolute Gasteiger partial charge is 0.343 e. The Morgan fingerprint density at radius 1 is 0.500 bits per heavy atom. The van der Waals surface area contributed by atoms with Gasteiger partial charge in [0.2, 0.25) is 23.1 Å². The van der Waals surface area contributed by atoms with Gasteiger partial charge in [-0.15, -0.1) is 22.7 Å². The smallest absolute Gasteiger partial charge is 0.234 e. The third-order valence-electron chi connectivity index (χ3n) is 8.91. The quantitative estimate of drug-likeness (QED) is 0.149. The lowest BCUT2D eigenvalue weighted by atomic mass is 10.1. The molecule has 0 saturated heterocycles. The maximum atomic E-state index is 12.8. The number of benzene rings is 3. The molecule has 44 heavy (non-hydrogen) atoms. The highest BCUT2D eigenvalue weighted by molar-refractivity contribution is 7.21. The van der Waals surface area contributed by atoms with Gasteiger partial charge in [-0.1, -0.05) is 48.5 Å². The molecule has 0 atom stereocenters. The van der Waals surface area contributed by atoms with Gasteiger partial charge in [-0.25, -0.2) is 0 Å². The maximum Gasteiger partial charge on any atom is 0.234 e. The standard InChI is InChI=1S/C36H20N2O4S2/c1-37-27-15-26-28(38(2)30-14-18(44-36(26)30)12-24-20-8-4-6-10-22(20)32(40)34(24)42)16-25(27)35-29(37)13-17(43-35)11-23-19-7-3-5-9-21(19)31(39)33(23)41/h3-16H,1-2H3/b23-11-,24-12-. The van der Waals surface area contributed by atoms with Gasteiger partial charge in [-0.3, -0.25) is 19.2 Å². The molecule has 0 amide bonds. The first-order chi connectivity index (χ1) is 21.3. The minimum atomic E-state index is -0.456. The molecule has 7 aromatic rings. The molecular formula is C36H20N2O4S2. The molecule has 0 N–H and O–H groups in total. The fourth-order valence-electron chi connectivity index (χ4n) is 6.72. The monoisotopic (exact) mass is 608 g/mol. The second kappa shape index (κ2) is 8.69. The Morgan fingerprint density at radius 2 is 0.886 bits per heavy atom. The van der Waals surface area contributed by atoms with Crippen molar-refractivity contribution in [3.63, 3.8) is 0 Å². The second-order valence-corrected chi connectivity index (χ2v) is 13.4. The molecule has 4 aromatic heterocycles. The van der Waals surface area contributed by atoms with Gasteiger partial charge in [0.05, 0.1) is 31.5 Å². The number of carbonyl (C=O) groups is 4. The lowest BCUT2D eigenvalue weighted by molar-refractivity contribution is -0.110. The molecule has 0 radical (unpaired) electrons. The normalized spacial score (nSPS) is 16.7. The molecule has 4 heterocycles. The van der Waals surface area contributed by atoms with Crippen LogP contribution in [0.5, 0.6) is 0 Å². The van der Waals surface area contributed by atoms with Crippen LogP contribution in [0, 0.1) is 0 Å². The molecule has 0 aliphatic heterocycles. The summed E-state index contributed by atoms with van der Waals surface area (Å²) in [5.74, 6) is -1.81. The molecule has 0 spiro atoms. The Hall–Kier alpha value is -5.18. The average molecular weight is 609 g/mol. The van der Waals surface area contributed by atoms with Gasteiger partial charge >= 0.3 is 0 Å². The Bertz CT molecular complexity index is 2420. The van der Waals surface area contributed by atoms with E-state index >= 15 is 0 Å². The van der Waals surface area contributed by atoms with Gasteiger partial charge in [0.25, 0.3) is 0 Å². The van der Waals surface area contributed by atoms with E-state index in [-0.39, 0.29) is 0 Å². The van der Waals surface area contributed by atoms with Crippen LogP contribution in [-0.4, -0.2) is 32.3 Å². The topological polar surface area (TPSA) is 78.1 Å². The molecule has 0 fully saturated rings. The van der Waals surface area contributed by atoms with Gasteiger partial charge in [0.15, 0.2) is 0 Å². The summed E-state index contributed by atoms with van der Waals surface area (Å²) < 4.78 is 6.60. The summed E-state index contributed by atoms with van der Waals surface area (Å²) in [5, 5.41) is 2.25. The Morgan fingerprint density at radius 3 is 1.30 bits per heavy atom. The number of thiophene rings is 2. The number of rotatable bonds is 2. The van der Waals surface area contributed by atoms with Crippen LogP contribution in [0.3, 0.4) is 0 Å². The Labute approximate surface area is 257 Å². The van der Waals surface area contributed by atoms with E-state index in [0.717, 1.165) is 52.0 Å². The number of hydrogen-bond acceptors (Lipinski definition) is 6. The van der Waals surface area contributed by atoms with Gasteiger partial charge in [0.1, 0.15) is 0 Å². The van der Waals surface area contributed by atoms with Crippen molar-refractivity contribution in [1.82, 2.24) is 9.13 Å². The first-order valence-corrected chi connectivity index (χ1v) is 15.7. The molecule has 210 valence electrons. The molecule has 0 bridgehead atoms. The number of fused-ring (bicyclic) bond motifs is 8. The van der Waals surface area contributed by atoms with Crippen LogP contribution in [0.15, 0.2) is 72.8 Å². The Balaban J connectivity index is 1.17. The zero-order valence-corrected chi connectivity index (χ0v) is 25.1. The average Bonchev–Trinajstić information content (AvgIpc) is 3.85. The van der Waals surface area contributed by atoms with Crippen LogP contribution in [0.4, 0.5) is 0 Å². The van der Waals surface area contributed by atoms with Crippen molar-refractivity contribution in [3.05, 3.63) is 105 Å². The molecule has 2 aliphatic carbocycles. The molecule has 8 heteroatoms. The lowest BCUT2D eigenvalue weighted by Gasteiger charge is -2.02. The van der Waals surface area contributed by atoms with E-state index in [1.165, 1.54) is 0 Å². The number of aromatic nitrogens is 2. The lowest BCUT2D eigenvalue weighted by Crippen LogP contribution is -2.05. The van der Waals surface area contributed by atoms with Crippen molar-refractivity contribution in [2.45, 2.75) is 0 Å². The summed E-state index contributed by atoms with van der Waals surface area (Å²) in [6, 6.07) is 22.9. The highest BCUT2D eigenvalue weighted by Crippen LogP contribution is 2.43. The number of nitrogens with zero attached hydrogens (tertiary/aromatic N) is 2. The maximum absolute atomic E-state index is 12.8. The third kappa shape index (κ3) is 3.24. The van der Waals surface area contributed by atoms with Crippen molar-refractivity contribution in [3.8, 4) is 0 Å². The number of aryl methyl sites for hydroxylation is 2. The van der Waals surface area contributed by atoms with Gasteiger partial charge in [-0.05, 0) is 47.5 Å². The zero-order chi connectivity index (χ0) is 30.0.